The molecule has 0 aromatic heterocycles. The lowest BCUT2D eigenvalue weighted by Crippen LogP contribution is -2.42. The van der Waals surface area contributed by atoms with Crippen molar-refractivity contribution in [1.29, 1.82) is 0 Å². The van der Waals surface area contributed by atoms with E-state index < -0.39 is 0 Å². The third kappa shape index (κ3) is 2.41. The van der Waals surface area contributed by atoms with Crippen LogP contribution < -0.4 is 5.73 Å². The van der Waals surface area contributed by atoms with Crippen molar-refractivity contribution in [1.82, 2.24) is 0 Å². The molecule has 0 bridgehead atoms. The summed E-state index contributed by atoms with van der Waals surface area (Å²) >= 11 is 0. The van der Waals surface area contributed by atoms with Crippen molar-refractivity contribution < 1.29 is 4.39 Å². The van der Waals surface area contributed by atoms with Gasteiger partial charge in [0.25, 0.3) is 0 Å². The van der Waals surface area contributed by atoms with Gasteiger partial charge in [-0.05, 0) is 54.5 Å². The second-order valence-electron chi connectivity index (χ2n) is 5.47. The zero-order valence-electron chi connectivity index (χ0n) is 10.9. The summed E-state index contributed by atoms with van der Waals surface area (Å²) < 4.78 is 13.3. The number of halogens is 1. The van der Waals surface area contributed by atoms with Gasteiger partial charge in [0.15, 0.2) is 0 Å². The highest BCUT2D eigenvalue weighted by Gasteiger charge is 2.32. The Kier molecular flexibility index (Phi) is 3.11. The molecule has 0 saturated carbocycles. The summed E-state index contributed by atoms with van der Waals surface area (Å²) in [5.41, 5.74) is 9.81. The number of hydrogen-bond donors (Lipinski definition) is 1. The number of aryl methyl sites for hydroxylation is 1. The molecule has 98 valence electrons. The molecular weight excluding hydrogens is 237 g/mol. The van der Waals surface area contributed by atoms with Crippen LogP contribution in [0, 0.1) is 5.82 Å². The first-order chi connectivity index (χ1) is 9.17. The van der Waals surface area contributed by atoms with Crippen LogP contribution in [0.15, 0.2) is 48.5 Å². The number of fused-ring (bicyclic) bond motifs is 1. The molecule has 19 heavy (non-hydrogen) atoms. The number of rotatable bonds is 2. The summed E-state index contributed by atoms with van der Waals surface area (Å²) in [6.45, 7) is 0. The molecule has 1 atom stereocenters. The van der Waals surface area contributed by atoms with Crippen LogP contribution in [0.4, 0.5) is 4.39 Å². The summed E-state index contributed by atoms with van der Waals surface area (Å²) in [5.74, 6) is -0.190. The van der Waals surface area contributed by atoms with E-state index in [1.165, 1.54) is 17.2 Å². The molecule has 1 aliphatic carbocycles. The van der Waals surface area contributed by atoms with Crippen molar-refractivity contribution in [2.75, 3.05) is 0 Å². The van der Waals surface area contributed by atoms with Crippen LogP contribution in [0.2, 0.25) is 0 Å². The third-order valence-corrected chi connectivity index (χ3v) is 4.03. The highest BCUT2D eigenvalue weighted by Crippen LogP contribution is 2.35. The first-order valence-electron chi connectivity index (χ1n) is 6.79. The van der Waals surface area contributed by atoms with E-state index in [0.717, 1.165) is 24.8 Å². The van der Waals surface area contributed by atoms with E-state index in [0.29, 0.717) is 6.42 Å². The topological polar surface area (TPSA) is 26.0 Å². The van der Waals surface area contributed by atoms with E-state index in [4.69, 9.17) is 5.73 Å². The SMILES string of the molecule is NC1(Cc2cccc(F)c2)CCCc2ccccc21. The Balaban J connectivity index is 1.96. The van der Waals surface area contributed by atoms with Gasteiger partial charge in [0.2, 0.25) is 0 Å². The van der Waals surface area contributed by atoms with Crippen LogP contribution in [0.1, 0.15) is 29.5 Å². The largest absolute Gasteiger partial charge is 0.321 e. The maximum absolute atomic E-state index is 13.3. The third-order valence-electron chi connectivity index (χ3n) is 4.03. The fourth-order valence-corrected chi connectivity index (χ4v) is 3.15. The molecule has 0 aliphatic heterocycles. The molecule has 0 spiro atoms. The fourth-order valence-electron chi connectivity index (χ4n) is 3.15. The van der Waals surface area contributed by atoms with Gasteiger partial charge in [0, 0.05) is 5.54 Å². The standard InChI is InChI=1S/C17H18FN/c18-15-8-3-5-13(11-15)12-17(19)10-4-7-14-6-1-2-9-16(14)17/h1-3,5-6,8-9,11H,4,7,10,12,19H2. The van der Waals surface area contributed by atoms with E-state index >= 15 is 0 Å². The van der Waals surface area contributed by atoms with E-state index in [-0.39, 0.29) is 11.4 Å². The van der Waals surface area contributed by atoms with Crippen molar-refractivity contribution in [2.24, 2.45) is 5.73 Å². The molecule has 2 N–H and O–H groups in total. The van der Waals surface area contributed by atoms with Gasteiger partial charge in [-0.1, -0.05) is 36.4 Å². The van der Waals surface area contributed by atoms with Crippen molar-refractivity contribution >= 4 is 0 Å². The predicted molar refractivity (Wildman–Crippen MR) is 75.3 cm³/mol. The molecule has 2 aromatic carbocycles. The van der Waals surface area contributed by atoms with Crippen LogP contribution >= 0.6 is 0 Å². The summed E-state index contributed by atoms with van der Waals surface area (Å²) in [6.07, 6.45) is 3.85. The lowest BCUT2D eigenvalue weighted by atomic mass is 9.74. The second kappa shape index (κ2) is 4.78. The molecule has 0 amide bonds. The van der Waals surface area contributed by atoms with Crippen LogP contribution in [0.5, 0.6) is 0 Å². The highest BCUT2D eigenvalue weighted by molar-refractivity contribution is 5.37. The molecule has 0 fully saturated rings. The average Bonchev–Trinajstić information content (AvgIpc) is 2.39. The zero-order chi connectivity index (χ0) is 13.3. The molecule has 2 aromatic rings. The van der Waals surface area contributed by atoms with Crippen molar-refractivity contribution in [2.45, 2.75) is 31.2 Å². The Morgan fingerprint density at radius 2 is 1.95 bits per heavy atom. The van der Waals surface area contributed by atoms with Crippen LogP contribution in [0.25, 0.3) is 0 Å². The van der Waals surface area contributed by atoms with Crippen LogP contribution in [0.3, 0.4) is 0 Å². The van der Waals surface area contributed by atoms with Crippen molar-refractivity contribution in [3.63, 3.8) is 0 Å². The van der Waals surface area contributed by atoms with Gasteiger partial charge >= 0.3 is 0 Å². The summed E-state index contributed by atoms with van der Waals surface area (Å²) in [7, 11) is 0. The lowest BCUT2D eigenvalue weighted by molar-refractivity contribution is 0.369. The summed E-state index contributed by atoms with van der Waals surface area (Å²) in [4.78, 5) is 0. The molecule has 0 radical (unpaired) electrons. The van der Waals surface area contributed by atoms with Gasteiger partial charge < -0.3 is 5.73 Å². The van der Waals surface area contributed by atoms with Crippen LogP contribution in [-0.2, 0) is 18.4 Å². The van der Waals surface area contributed by atoms with Gasteiger partial charge in [-0.15, -0.1) is 0 Å². The summed E-state index contributed by atoms with van der Waals surface area (Å²) in [5, 5.41) is 0. The normalized spacial score (nSPS) is 22.0. The minimum absolute atomic E-state index is 0.190. The zero-order valence-corrected chi connectivity index (χ0v) is 10.9. The minimum Gasteiger partial charge on any atom is -0.321 e. The van der Waals surface area contributed by atoms with E-state index in [1.807, 2.05) is 12.1 Å². The molecule has 1 aliphatic rings. The lowest BCUT2D eigenvalue weighted by Gasteiger charge is -2.36. The van der Waals surface area contributed by atoms with E-state index in [1.54, 1.807) is 12.1 Å². The van der Waals surface area contributed by atoms with Gasteiger partial charge in [-0.2, -0.15) is 0 Å². The van der Waals surface area contributed by atoms with E-state index in [9.17, 15) is 4.39 Å². The first kappa shape index (κ1) is 12.4. The molecule has 0 heterocycles. The Hall–Kier alpha value is -1.67. The Morgan fingerprint density at radius 3 is 2.79 bits per heavy atom. The number of benzene rings is 2. The fraction of sp³-hybridized carbons (Fsp3) is 0.294. The molecule has 1 nitrogen and oxygen atoms in total. The molecule has 3 rings (SSSR count). The van der Waals surface area contributed by atoms with E-state index in [2.05, 4.69) is 18.2 Å². The minimum atomic E-state index is -0.358. The molecular formula is C17H18FN. The van der Waals surface area contributed by atoms with Gasteiger partial charge in [-0.25, -0.2) is 4.39 Å². The maximum Gasteiger partial charge on any atom is 0.123 e. The van der Waals surface area contributed by atoms with Gasteiger partial charge in [0.1, 0.15) is 5.82 Å². The summed E-state index contributed by atoms with van der Waals surface area (Å²) in [6, 6.07) is 15.1. The molecule has 2 heteroatoms. The van der Waals surface area contributed by atoms with Crippen LogP contribution in [-0.4, -0.2) is 0 Å². The Bertz CT molecular complexity index is 593. The van der Waals surface area contributed by atoms with Crippen molar-refractivity contribution in [3.05, 3.63) is 71.0 Å². The Morgan fingerprint density at radius 1 is 1.11 bits per heavy atom. The predicted octanol–water partition coefficient (Wildman–Crippen LogP) is 3.56. The average molecular weight is 255 g/mol. The highest BCUT2D eigenvalue weighted by atomic mass is 19.1. The molecule has 0 saturated heterocycles. The maximum atomic E-state index is 13.3. The monoisotopic (exact) mass is 255 g/mol. The molecule has 1 unspecified atom stereocenters. The quantitative estimate of drug-likeness (QED) is 0.872. The van der Waals surface area contributed by atoms with Gasteiger partial charge in [-0.3, -0.25) is 0 Å². The van der Waals surface area contributed by atoms with Crippen molar-refractivity contribution in [3.8, 4) is 0 Å². The smallest absolute Gasteiger partial charge is 0.123 e. The number of nitrogens with two attached hydrogens (primary N) is 1. The first-order valence-corrected chi connectivity index (χ1v) is 6.79. The van der Waals surface area contributed by atoms with Gasteiger partial charge in [0.05, 0.1) is 0 Å². The Labute approximate surface area is 113 Å². The second-order valence-corrected chi connectivity index (χ2v) is 5.47. The number of hydrogen-bond acceptors (Lipinski definition) is 1.